The topological polar surface area (TPSA) is 148 Å². The minimum absolute atomic E-state index is 0.00222. The van der Waals surface area contributed by atoms with Gasteiger partial charge in [0.05, 0.1) is 26.3 Å². The van der Waals surface area contributed by atoms with Crippen LogP contribution >= 0.6 is 0 Å². The summed E-state index contributed by atoms with van der Waals surface area (Å²) < 4.78 is 11.5. The van der Waals surface area contributed by atoms with Gasteiger partial charge in [0, 0.05) is 48.6 Å². The number of fused-ring (bicyclic) bond motifs is 1. The van der Waals surface area contributed by atoms with E-state index in [9.17, 15) is 24.0 Å². The number of hydrogen-bond donors (Lipinski definition) is 3. The van der Waals surface area contributed by atoms with E-state index in [-0.39, 0.29) is 36.1 Å². The average molecular weight is 684 g/mol. The van der Waals surface area contributed by atoms with Crippen molar-refractivity contribution in [2.75, 3.05) is 28.3 Å². The molecule has 0 aliphatic heterocycles. The van der Waals surface area contributed by atoms with Crippen LogP contribution in [0.4, 0.5) is 0 Å². The van der Waals surface area contributed by atoms with Crippen molar-refractivity contribution in [3.63, 3.8) is 0 Å². The van der Waals surface area contributed by atoms with Crippen molar-refractivity contribution in [3.8, 4) is 0 Å². The highest BCUT2D eigenvalue weighted by Crippen LogP contribution is 2.35. The number of benzene rings is 1. The van der Waals surface area contributed by atoms with Crippen molar-refractivity contribution in [3.05, 3.63) is 47.7 Å². The smallest absolute Gasteiger partial charge is 0.328 e. The first-order valence-electron chi connectivity index (χ1n) is 16.7. The number of para-hydroxylation sites is 1. The summed E-state index contributed by atoms with van der Waals surface area (Å²) in [5.41, 5.74) is 1.03. The van der Waals surface area contributed by atoms with Crippen molar-refractivity contribution < 1.29 is 33.4 Å². The second-order valence-corrected chi connectivity index (χ2v) is 14.6. The fourth-order valence-corrected chi connectivity index (χ4v) is 6.17. The van der Waals surface area contributed by atoms with Gasteiger partial charge in [0.15, 0.2) is 0 Å². The fraction of sp³-hybridized carbons (Fsp3) is 0.595. The van der Waals surface area contributed by atoms with Crippen LogP contribution in [-0.4, -0.2) is 91.6 Å². The third-order valence-electron chi connectivity index (χ3n) is 9.18. The van der Waals surface area contributed by atoms with Gasteiger partial charge in [-0.15, -0.1) is 0 Å². The van der Waals surface area contributed by atoms with Gasteiger partial charge in [0.2, 0.25) is 17.7 Å². The molecule has 4 atom stereocenters. The number of nitrogens with zero attached hydrogens (tertiary/aromatic N) is 2. The molecule has 0 saturated heterocycles. The maximum Gasteiger partial charge on any atom is 0.328 e. The van der Waals surface area contributed by atoms with E-state index in [0.717, 1.165) is 16.5 Å². The number of hydrogen-bond acceptors (Lipinski definition) is 8. The van der Waals surface area contributed by atoms with E-state index in [1.165, 1.54) is 14.2 Å². The summed E-state index contributed by atoms with van der Waals surface area (Å²) in [4.78, 5) is 67.1. The number of carbonyl (C=O) groups excluding carboxylic acids is 5. The Morgan fingerprint density at radius 3 is 2.10 bits per heavy atom. The molecule has 0 fully saturated rings. The molecule has 0 aliphatic rings. The molecule has 0 spiro atoms. The van der Waals surface area contributed by atoms with Gasteiger partial charge in [0.25, 0.3) is 0 Å². The highest BCUT2D eigenvalue weighted by atomic mass is 16.5. The zero-order chi connectivity index (χ0) is 37.4. The number of amides is 3. The Labute approximate surface area is 291 Å². The summed E-state index contributed by atoms with van der Waals surface area (Å²) in [5, 5.41) is 9.97. The van der Waals surface area contributed by atoms with Gasteiger partial charge in [-0.25, -0.2) is 4.79 Å². The van der Waals surface area contributed by atoms with E-state index in [1.54, 1.807) is 32.0 Å². The molecule has 12 heteroatoms. The van der Waals surface area contributed by atoms with Crippen molar-refractivity contribution in [2.24, 2.45) is 18.4 Å². The second kappa shape index (κ2) is 17.0. The zero-order valence-electron chi connectivity index (χ0n) is 31.5. The van der Waals surface area contributed by atoms with E-state index >= 15 is 0 Å². The molecule has 3 amide bonds. The molecule has 0 aliphatic carbocycles. The number of likely N-dealkylation sites (N-methyl/N-ethyl adjacent to an activating group) is 2. The zero-order valence-corrected chi connectivity index (χ0v) is 31.5. The summed E-state index contributed by atoms with van der Waals surface area (Å²) in [6.07, 6.45) is 3.64. The van der Waals surface area contributed by atoms with Gasteiger partial charge in [-0.1, -0.05) is 72.7 Å². The Morgan fingerprint density at radius 2 is 1.57 bits per heavy atom. The Bertz CT molecular complexity index is 1540. The first-order chi connectivity index (χ1) is 22.7. The quantitative estimate of drug-likeness (QED) is 0.191. The van der Waals surface area contributed by atoms with E-state index in [0.29, 0.717) is 0 Å². The summed E-state index contributed by atoms with van der Waals surface area (Å²) in [5.74, 6) is -2.49. The van der Waals surface area contributed by atoms with Crippen LogP contribution in [0.1, 0.15) is 73.8 Å². The predicted octanol–water partition coefficient (Wildman–Crippen LogP) is 3.62. The van der Waals surface area contributed by atoms with Gasteiger partial charge < -0.3 is 34.9 Å². The normalized spacial score (nSPS) is 14.9. The SMILES string of the molecule is CN[C@H](C(=O)N[C@H](C(=O)N(C)[C@H](/C=C(\C)C(=O)N[C@@H](CCC(=O)OC)C(=O)OC)C(C)C)C(C)(C)C)C(C)(C)c1cn(C)c2ccccc12. The van der Waals surface area contributed by atoms with Crippen LogP contribution < -0.4 is 16.0 Å². The molecule has 1 heterocycles. The van der Waals surface area contributed by atoms with Crippen molar-refractivity contribution in [1.82, 2.24) is 25.4 Å². The number of ether oxygens (including phenoxy) is 2. The summed E-state index contributed by atoms with van der Waals surface area (Å²) in [6.45, 7) is 15.2. The number of rotatable bonds is 15. The molecule has 0 saturated carbocycles. The molecule has 3 N–H and O–H groups in total. The van der Waals surface area contributed by atoms with Gasteiger partial charge >= 0.3 is 11.9 Å². The molecule has 49 heavy (non-hydrogen) atoms. The monoisotopic (exact) mass is 683 g/mol. The maximum absolute atomic E-state index is 14.3. The first kappa shape index (κ1) is 41.0. The molecule has 272 valence electrons. The number of nitrogens with one attached hydrogen (secondary N) is 3. The Kier molecular flexibility index (Phi) is 14.2. The van der Waals surface area contributed by atoms with Crippen LogP contribution in [-0.2, 0) is 45.9 Å². The third kappa shape index (κ3) is 9.93. The molecule has 12 nitrogen and oxygen atoms in total. The number of methoxy groups -OCH3 is 2. The molecule has 1 aromatic heterocycles. The van der Waals surface area contributed by atoms with Crippen LogP contribution in [0.25, 0.3) is 10.9 Å². The van der Waals surface area contributed by atoms with E-state index in [2.05, 4.69) is 20.7 Å². The molecule has 0 unspecified atom stereocenters. The van der Waals surface area contributed by atoms with Gasteiger partial charge in [0.1, 0.15) is 12.1 Å². The second-order valence-electron chi connectivity index (χ2n) is 14.6. The van der Waals surface area contributed by atoms with E-state index in [1.807, 2.05) is 90.5 Å². The Hall–Kier alpha value is -4.19. The van der Waals surface area contributed by atoms with E-state index < -0.39 is 52.8 Å². The van der Waals surface area contributed by atoms with Crippen LogP contribution in [0.5, 0.6) is 0 Å². The molecular weight excluding hydrogens is 626 g/mol. The molecule has 0 radical (unpaired) electrons. The number of aryl methyl sites for hydroxylation is 1. The highest BCUT2D eigenvalue weighted by Gasteiger charge is 2.42. The lowest BCUT2D eigenvalue weighted by atomic mass is 9.76. The lowest BCUT2D eigenvalue weighted by Gasteiger charge is -2.39. The molecule has 2 rings (SSSR count). The van der Waals surface area contributed by atoms with Gasteiger partial charge in [-0.05, 0) is 43.4 Å². The minimum Gasteiger partial charge on any atom is -0.469 e. The molecule has 1 aromatic carbocycles. The average Bonchev–Trinajstić information content (AvgIpc) is 3.39. The van der Waals surface area contributed by atoms with Crippen molar-refractivity contribution in [1.29, 1.82) is 0 Å². The molecule has 2 aromatic rings. The van der Waals surface area contributed by atoms with Crippen LogP contribution in [0.3, 0.4) is 0 Å². The van der Waals surface area contributed by atoms with Crippen molar-refractivity contribution >= 4 is 40.6 Å². The molecular formula is C37H57N5O7. The highest BCUT2D eigenvalue weighted by molar-refractivity contribution is 5.96. The van der Waals surface area contributed by atoms with Crippen LogP contribution in [0.2, 0.25) is 0 Å². The van der Waals surface area contributed by atoms with Crippen molar-refractivity contribution in [2.45, 2.75) is 97.8 Å². The summed E-state index contributed by atoms with van der Waals surface area (Å²) in [6, 6.07) is 4.90. The van der Waals surface area contributed by atoms with Gasteiger partial charge in [-0.3, -0.25) is 19.2 Å². The standard InChI is InChI=1S/C37H57N5O7/c1-22(2)28(20-23(3)32(44)39-26(35(47)49-13)18-19-29(43)48-12)42(11)34(46)31(36(4,5)6)40-33(45)30(38-9)37(7,8)25-21-41(10)27-17-15-14-16-24(25)27/h14-17,20-22,26,28,30-31,38H,18-19H2,1-13H3,(H,39,44)(H,40,45)/b23-20+/t26-,28+,30+,31+/m0/s1. The largest absolute Gasteiger partial charge is 0.469 e. The van der Waals surface area contributed by atoms with E-state index in [4.69, 9.17) is 4.74 Å². The van der Waals surface area contributed by atoms with Crippen LogP contribution in [0.15, 0.2) is 42.1 Å². The maximum atomic E-state index is 14.3. The molecule has 0 bridgehead atoms. The summed E-state index contributed by atoms with van der Waals surface area (Å²) >= 11 is 0. The minimum atomic E-state index is -1.06. The number of aromatic nitrogens is 1. The third-order valence-corrected chi connectivity index (χ3v) is 9.18. The number of esters is 2. The van der Waals surface area contributed by atoms with Crippen LogP contribution in [0, 0.1) is 11.3 Å². The first-order valence-corrected chi connectivity index (χ1v) is 16.7. The lowest BCUT2D eigenvalue weighted by Crippen LogP contribution is -2.61. The Balaban J connectivity index is 2.36. The summed E-state index contributed by atoms with van der Waals surface area (Å²) in [7, 11) is 7.82. The fourth-order valence-electron chi connectivity index (χ4n) is 6.17. The Morgan fingerprint density at radius 1 is 0.959 bits per heavy atom. The van der Waals surface area contributed by atoms with Gasteiger partial charge in [-0.2, -0.15) is 0 Å². The number of carbonyl (C=O) groups is 5. The predicted molar refractivity (Wildman–Crippen MR) is 191 cm³/mol. The lowest BCUT2D eigenvalue weighted by molar-refractivity contribution is -0.146.